The van der Waals surface area contributed by atoms with Crippen molar-refractivity contribution in [3.8, 4) is 0 Å². The van der Waals surface area contributed by atoms with E-state index in [-0.39, 0.29) is 17.4 Å². The molecule has 2 aliphatic heterocycles. The first-order chi connectivity index (χ1) is 17.0. The number of likely N-dealkylation sites (tertiary alicyclic amines) is 2. The normalized spacial score (nSPS) is 43.5. The van der Waals surface area contributed by atoms with E-state index in [0.717, 1.165) is 75.5 Å². The Bertz CT molecular complexity index is 945. The van der Waals surface area contributed by atoms with E-state index >= 15 is 0 Å². The number of amides is 2. The summed E-state index contributed by atoms with van der Waals surface area (Å²) >= 11 is 0. The van der Waals surface area contributed by atoms with Gasteiger partial charge in [0.2, 0.25) is 11.8 Å². The SMILES string of the molecule is CC(=O)N1CC2(C1)CN(C(=O)CCC(C)[C@H]1CC[C@H]3[C@@H]4CC=C5C[C@@H](O)CC[C@]5(C)[C@H]4CC[C@]13C)C2. The molecule has 0 aromatic heterocycles. The molecular formula is C31H48N2O3. The highest BCUT2D eigenvalue weighted by Gasteiger charge is 2.59. The van der Waals surface area contributed by atoms with Crippen molar-refractivity contribution in [2.45, 2.75) is 98.0 Å². The number of aliphatic hydroxyl groups excluding tert-OH is 1. The molecule has 0 aromatic rings. The van der Waals surface area contributed by atoms with Gasteiger partial charge in [0.05, 0.1) is 6.10 Å². The van der Waals surface area contributed by atoms with Gasteiger partial charge in [-0.15, -0.1) is 0 Å². The number of carbonyl (C=O) groups is 2. The molecule has 36 heavy (non-hydrogen) atoms. The molecule has 0 aromatic carbocycles. The Labute approximate surface area is 218 Å². The molecule has 1 spiro atoms. The molecule has 5 fully saturated rings. The maximum atomic E-state index is 13.0. The van der Waals surface area contributed by atoms with Crippen molar-refractivity contribution in [1.82, 2.24) is 9.80 Å². The monoisotopic (exact) mass is 496 g/mol. The molecule has 4 aliphatic carbocycles. The third kappa shape index (κ3) is 3.73. The Kier molecular flexibility index (Phi) is 5.94. The Balaban J connectivity index is 1.05. The summed E-state index contributed by atoms with van der Waals surface area (Å²) in [6, 6.07) is 0. The van der Waals surface area contributed by atoms with Gasteiger partial charge in [0, 0.05) is 44.9 Å². The van der Waals surface area contributed by atoms with E-state index in [1.807, 2.05) is 9.80 Å². The number of aliphatic hydroxyl groups is 1. The van der Waals surface area contributed by atoms with E-state index in [4.69, 9.17) is 0 Å². The van der Waals surface area contributed by atoms with E-state index in [2.05, 4.69) is 26.8 Å². The van der Waals surface area contributed by atoms with E-state index in [1.54, 1.807) is 12.5 Å². The molecule has 0 radical (unpaired) electrons. The van der Waals surface area contributed by atoms with Gasteiger partial charge in [0.15, 0.2) is 0 Å². The molecular weight excluding hydrogens is 448 g/mol. The highest BCUT2D eigenvalue weighted by atomic mass is 16.3. The third-order valence-electron chi connectivity index (χ3n) is 12.6. The van der Waals surface area contributed by atoms with Crippen molar-refractivity contribution in [1.29, 1.82) is 0 Å². The summed E-state index contributed by atoms with van der Waals surface area (Å²) < 4.78 is 0. The molecule has 8 atom stereocenters. The smallest absolute Gasteiger partial charge is 0.222 e. The van der Waals surface area contributed by atoms with Crippen LogP contribution in [-0.2, 0) is 9.59 Å². The Hall–Kier alpha value is -1.36. The first-order valence-corrected chi connectivity index (χ1v) is 15.0. The topological polar surface area (TPSA) is 60.9 Å². The molecule has 5 heteroatoms. The van der Waals surface area contributed by atoms with Crippen molar-refractivity contribution in [3.63, 3.8) is 0 Å². The lowest BCUT2D eigenvalue weighted by molar-refractivity contribution is -0.167. The number of carbonyl (C=O) groups excluding carboxylic acids is 2. The first kappa shape index (κ1) is 24.9. The van der Waals surface area contributed by atoms with Crippen molar-refractivity contribution < 1.29 is 14.7 Å². The number of hydrogen-bond donors (Lipinski definition) is 1. The molecule has 2 amide bonds. The standard InChI is InChI=1S/C31H48N2O3/c1-20(5-10-28(36)33-18-31(19-33)16-32(17-31)21(2)34)25-8-9-26-24-7-6-22-15-23(35)11-13-29(22,3)27(24)12-14-30(25,26)4/h6,20,23-27,35H,5,7-19H2,1-4H3/t20?,23-,24-,25+,26-,27-,29-,30+/m0/s1. The minimum Gasteiger partial charge on any atom is -0.393 e. The largest absolute Gasteiger partial charge is 0.393 e. The summed E-state index contributed by atoms with van der Waals surface area (Å²) in [7, 11) is 0. The van der Waals surface area contributed by atoms with Crippen LogP contribution in [0.25, 0.3) is 0 Å². The summed E-state index contributed by atoms with van der Waals surface area (Å²) in [5, 5.41) is 10.3. The van der Waals surface area contributed by atoms with Crippen molar-refractivity contribution in [2.24, 2.45) is 45.8 Å². The summed E-state index contributed by atoms with van der Waals surface area (Å²) in [6.07, 6.45) is 13.8. The van der Waals surface area contributed by atoms with Gasteiger partial charge >= 0.3 is 0 Å². The predicted molar refractivity (Wildman–Crippen MR) is 141 cm³/mol. The van der Waals surface area contributed by atoms with Crippen LogP contribution >= 0.6 is 0 Å². The van der Waals surface area contributed by atoms with Gasteiger partial charge in [0.25, 0.3) is 0 Å². The molecule has 6 aliphatic rings. The third-order valence-corrected chi connectivity index (χ3v) is 12.6. The van der Waals surface area contributed by atoms with Gasteiger partial charge in [-0.3, -0.25) is 9.59 Å². The fourth-order valence-corrected chi connectivity index (χ4v) is 10.5. The van der Waals surface area contributed by atoms with Crippen molar-refractivity contribution in [3.05, 3.63) is 11.6 Å². The van der Waals surface area contributed by atoms with Gasteiger partial charge in [0.1, 0.15) is 0 Å². The van der Waals surface area contributed by atoms with Gasteiger partial charge in [-0.2, -0.15) is 0 Å². The van der Waals surface area contributed by atoms with Crippen LogP contribution in [0.5, 0.6) is 0 Å². The molecule has 1 N–H and O–H groups in total. The molecule has 3 saturated carbocycles. The lowest BCUT2D eigenvalue weighted by Crippen LogP contribution is -2.73. The fraction of sp³-hybridized carbons (Fsp3) is 0.871. The number of allylic oxidation sites excluding steroid dienone is 1. The zero-order valence-electron chi connectivity index (χ0n) is 23.1. The number of nitrogens with zero attached hydrogens (tertiary/aromatic N) is 2. The highest BCUT2D eigenvalue weighted by molar-refractivity contribution is 5.78. The van der Waals surface area contributed by atoms with Crippen LogP contribution in [0.2, 0.25) is 0 Å². The van der Waals surface area contributed by atoms with Gasteiger partial charge in [-0.25, -0.2) is 0 Å². The molecule has 200 valence electrons. The Morgan fingerprint density at radius 2 is 1.75 bits per heavy atom. The van der Waals surface area contributed by atoms with Crippen molar-refractivity contribution >= 4 is 11.8 Å². The summed E-state index contributed by atoms with van der Waals surface area (Å²) in [5.41, 5.74) is 2.51. The van der Waals surface area contributed by atoms with Crippen LogP contribution in [0, 0.1) is 45.8 Å². The zero-order chi connectivity index (χ0) is 25.5. The van der Waals surface area contributed by atoms with Crippen LogP contribution in [0.4, 0.5) is 0 Å². The van der Waals surface area contributed by atoms with E-state index in [9.17, 15) is 14.7 Å². The van der Waals surface area contributed by atoms with Gasteiger partial charge < -0.3 is 14.9 Å². The van der Waals surface area contributed by atoms with E-state index in [0.29, 0.717) is 29.1 Å². The van der Waals surface area contributed by atoms with Crippen LogP contribution in [-0.4, -0.2) is 59.0 Å². The fourth-order valence-electron chi connectivity index (χ4n) is 10.5. The second kappa shape index (κ2) is 8.58. The molecule has 6 rings (SSSR count). The maximum Gasteiger partial charge on any atom is 0.222 e. The molecule has 1 unspecified atom stereocenters. The average Bonchev–Trinajstić information content (AvgIpc) is 3.13. The molecule has 2 saturated heterocycles. The van der Waals surface area contributed by atoms with Crippen LogP contribution in [0.3, 0.4) is 0 Å². The first-order valence-electron chi connectivity index (χ1n) is 15.0. The summed E-state index contributed by atoms with van der Waals surface area (Å²) in [5.74, 6) is 4.24. The number of fused-ring (bicyclic) bond motifs is 5. The van der Waals surface area contributed by atoms with Gasteiger partial charge in [-0.05, 0) is 98.2 Å². The second-order valence-electron chi connectivity index (χ2n) is 14.5. The highest BCUT2D eigenvalue weighted by Crippen LogP contribution is 2.67. The summed E-state index contributed by atoms with van der Waals surface area (Å²) in [4.78, 5) is 28.4. The minimum absolute atomic E-state index is 0.125. The van der Waals surface area contributed by atoms with E-state index in [1.165, 1.54) is 32.1 Å². The van der Waals surface area contributed by atoms with Crippen LogP contribution in [0.15, 0.2) is 11.6 Å². The minimum atomic E-state index is -0.125. The molecule has 2 heterocycles. The maximum absolute atomic E-state index is 13.0. The zero-order valence-corrected chi connectivity index (χ0v) is 23.1. The van der Waals surface area contributed by atoms with Crippen LogP contribution in [0.1, 0.15) is 91.9 Å². The summed E-state index contributed by atoms with van der Waals surface area (Å²) in [6.45, 7) is 12.6. The lowest BCUT2D eigenvalue weighted by Gasteiger charge is -2.60. The van der Waals surface area contributed by atoms with Crippen molar-refractivity contribution in [2.75, 3.05) is 26.2 Å². The van der Waals surface area contributed by atoms with E-state index < -0.39 is 0 Å². The molecule has 0 bridgehead atoms. The number of hydrogen-bond acceptors (Lipinski definition) is 3. The molecule has 5 nitrogen and oxygen atoms in total. The Morgan fingerprint density at radius 1 is 1.03 bits per heavy atom. The predicted octanol–water partition coefficient (Wildman–Crippen LogP) is 5.03. The van der Waals surface area contributed by atoms with Gasteiger partial charge in [-0.1, -0.05) is 32.4 Å². The van der Waals surface area contributed by atoms with Crippen LogP contribution < -0.4 is 0 Å². The Morgan fingerprint density at radius 3 is 2.47 bits per heavy atom. The average molecular weight is 497 g/mol. The quantitative estimate of drug-likeness (QED) is 0.555. The lowest BCUT2D eigenvalue weighted by atomic mass is 9.47. The number of rotatable bonds is 4. The second-order valence-corrected chi connectivity index (χ2v) is 14.5.